The van der Waals surface area contributed by atoms with Crippen LogP contribution in [0.25, 0.3) is 0 Å². The number of ether oxygens (including phenoxy) is 1. The number of nitrogens with zero attached hydrogens (tertiary/aromatic N) is 1. The molecule has 156 valence electrons. The summed E-state index contributed by atoms with van der Waals surface area (Å²) < 4.78 is 32.7. The average Bonchev–Trinajstić information content (AvgIpc) is 2.71. The lowest BCUT2D eigenvalue weighted by molar-refractivity contribution is -0.120. The number of amides is 1. The van der Waals surface area contributed by atoms with E-state index in [9.17, 15) is 13.2 Å². The Bertz CT molecular complexity index is 980. The minimum Gasteiger partial charge on any atom is -0.494 e. The van der Waals surface area contributed by atoms with Gasteiger partial charge in [-0.3, -0.25) is 4.79 Å². The number of hydrogen-bond acceptors (Lipinski definition) is 4. The van der Waals surface area contributed by atoms with Crippen LogP contribution in [-0.2, 0) is 14.8 Å². The van der Waals surface area contributed by atoms with E-state index in [0.29, 0.717) is 47.5 Å². The van der Waals surface area contributed by atoms with Crippen molar-refractivity contribution in [3.63, 3.8) is 0 Å². The number of hydrogen-bond donors (Lipinski definition) is 1. The summed E-state index contributed by atoms with van der Waals surface area (Å²) in [7, 11) is -3.69. The van der Waals surface area contributed by atoms with Crippen molar-refractivity contribution in [3.05, 3.63) is 52.5 Å². The summed E-state index contributed by atoms with van der Waals surface area (Å²) >= 11 is 12.0. The minimum absolute atomic E-state index is 0.118. The highest BCUT2D eigenvalue weighted by Gasteiger charge is 2.33. The number of sulfonamides is 1. The topological polar surface area (TPSA) is 75.7 Å². The Morgan fingerprint density at radius 2 is 1.93 bits per heavy atom. The van der Waals surface area contributed by atoms with Crippen molar-refractivity contribution in [2.75, 3.05) is 25.0 Å². The molecule has 0 bridgehead atoms. The molecule has 1 fully saturated rings. The lowest BCUT2D eigenvalue weighted by atomic mass is 9.99. The van der Waals surface area contributed by atoms with Crippen molar-refractivity contribution in [2.24, 2.45) is 5.92 Å². The summed E-state index contributed by atoms with van der Waals surface area (Å²) in [6, 6.07) is 11.1. The minimum atomic E-state index is -3.69. The third-order valence-electron chi connectivity index (χ3n) is 4.72. The molecule has 0 aromatic heterocycles. The van der Waals surface area contributed by atoms with Crippen LogP contribution in [0.2, 0.25) is 10.0 Å². The summed E-state index contributed by atoms with van der Waals surface area (Å²) in [5.74, 6) is -0.115. The summed E-state index contributed by atoms with van der Waals surface area (Å²) in [5, 5.41) is 3.58. The van der Waals surface area contributed by atoms with Crippen molar-refractivity contribution in [2.45, 2.75) is 24.7 Å². The van der Waals surface area contributed by atoms with Crippen molar-refractivity contribution in [3.8, 4) is 5.75 Å². The molecule has 0 aliphatic carbocycles. The van der Waals surface area contributed by atoms with Crippen molar-refractivity contribution in [1.82, 2.24) is 4.31 Å². The molecule has 1 amide bonds. The molecule has 1 aliphatic heterocycles. The first-order valence-corrected chi connectivity index (χ1v) is 11.5. The Labute approximate surface area is 180 Å². The lowest BCUT2D eigenvalue weighted by Crippen LogP contribution is -2.43. The van der Waals surface area contributed by atoms with E-state index in [4.69, 9.17) is 27.9 Å². The Hall–Kier alpha value is -1.80. The zero-order valence-electron chi connectivity index (χ0n) is 15.9. The third-order valence-corrected chi connectivity index (χ3v) is 7.14. The van der Waals surface area contributed by atoms with E-state index in [0.717, 1.165) is 0 Å². The molecule has 3 rings (SSSR count). The number of piperidine rings is 1. The van der Waals surface area contributed by atoms with Crippen LogP contribution in [0.15, 0.2) is 47.4 Å². The van der Waals surface area contributed by atoms with Gasteiger partial charge in [0, 0.05) is 18.1 Å². The van der Waals surface area contributed by atoms with E-state index in [2.05, 4.69) is 5.32 Å². The zero-order valence-corrected chi connectivity index (χ0v) is 18.2. The van der Waals surface area contributed by atoms with Crippen molar-refractivity contribution >= 4 is 44.8 Å². The fourth-order valence-electron chi connectivity index (χ4n) is 3.22. The molecule has 0 saturated carbocycles. The number of benzene rings is 2. The first-order valence-electron chi connectivity index (χ1n) is 9.30. The van der Waals surface area contributed by atoms with Gasteiger partial charge in [-0.1, -0.05) is 23.2 Å². The fourth-order valence-corrected chi connectivity index (χ4v) is 5.20. The van der Waals surface area contributed by atoms with E-state index < -0.39 is 15.9 Å². The van der Waals surface area contributed by atoms with Gasteiger partial charge in [-0.15, -0.1) is 0 Å². The maximum atomic E-state index is 13.0. The van der Waals surface area contributed by atoms with Crippen LogP contribution < -0.4 is 10.1 Å². The van der Waals surface area contributed by atoms with E-state index in [-0.39, 0.29) is 17.3 Å². The Morgan fingerprint density at radius 3 is 2.59 bits per heavy atom. The smallest absolute Gasteiger partial charge is 0.243 e. The van der Waals surface area contributed by atoms with Crippen LogP contribution in [0.5, 0.6) is 5.75 Å². The molecular formula is C20H22Cl2N2O4S. The van der Waals surface area contributed by atoms with Crippen LogP contribution >= 0.6 is 23.2 Å². The van der Waals surface area contributed by atoms with E-state index in [1.165, 1.54) is 16.4 Å². The maximum Gasteiger partial charge on any atom is 0.243 e. The molecule has 0 spiro atoms. The number of nitrogens with one attached hydrogen (secondary N) is 1. The highest BCUT2D eigenvalue weighted by atomic mass is 35.5. The first-order chi connectivity index (χ1) is 13.8. The molecule has 1 saturated heterocycles. The van der Waals surface area contributed by atoms with Gasteiger partial charge in [0.05, 0.1) is 28.1 Å². The van der Waals surface area contributed by atoms with Gasteiger partial charge in [0.15, 0.2) is 0 Å². The van der Waals surface area contributed by atoms with Gasteiger partial charge in [0.25, 0.3) is 0 Å². The molecule has 0 unspecified atom stereocenters. The summed E-state index contributed by atoms with van der Waals surface area (Å²) in [6.07, 6.45) is 1.20. The molecule has 1 aliphatic rings. The summed E-state index contributed by atoms with van der Waals surface area (Å²) in [5.41, 5.74) is 0.451. The molecule has 6 nitrogen and oxygen atoms in total. The van der Waals surface area contributed by atoms with Gasteiger partial charge in [-0.25, -0.2) is 8.42 Å². The fraction of sp³-hybridized carbons (Fsp3) is 0.350. The van der Waals surface area contributed by atoms with E-state index in [1.54, 1.807) is 30.3 Å². The van der Waals surface area contributed by atoms with Crippen LogP contribution in [0.1, 0.15) is 19.8 Å². The Balaban J connectivity index is 1.71. The second-order valence-electron chi connectivity index (χ2n) is 6.72. The average molecular weight is 457 g/mol. The molecule has 29 heavy (non-hydrogen) atoms. The van der Waals surface area contributed by atoms with Crippen LogP contribution in [0.4, 0.5) is 5.69 Å². The molecule has 1 atom stereocenters. The molecule has 2 aromatic carbocycles. The molecule has 2 aromatic rings. The lowest BCUT2D eigenvalue weighted by Gasteiger charge is -2.31. The van der Waals surface area contributed by atoms with Crippen LogP contribution in [0.3, 0.4) is 0 Å². The van der Waals surface area contributed by atoms with Crippen molar-refractivity contribution < 1.29 is 17.9 Å². The molecule has 9 heteroatoms. The monoisotopic (exact) mass is 456 g/mol. The SMILES string of the molecule is CCOc1ccc(S(=O)(=O)N2CCC[C@@H](C(=O)Nc3ccc(Cl)cc3Cl)C2)cc1. The highest BCUT2D eigenvalue weighted by molar-refractivity contribution is 7.89. The van der Waals surface area contributed by atoms with E-state index >= 15 is 0 Å². The third kappa shape index (κ3) is 5.22. The summed E-state index contributed by atoms with van der Waals surface area (Å²) in [4.78, 5) is 12.9. The predicted octanol–water partition coefficient (Wildman–Crippen LogP) is 4.43. The van der Waals surface area contributed by atoms with Gasteiger partial charge in [-0.05, 0) is 62.2 Å². The molecule has 0 radical (unpaired) electrons. The molecule has 1 heterocycles. The van der Waals surface area contributed by atoms with Gasteiger partial charge >= 0.3 is 0 Å². The number of rotatable bonds is 6. The normalized spacial score (nSPS) is 17.7. The summed E-state index contributed by atoms with van der Waals surface area (Å²) in [6.45, 7) is 2.86. The van der Waals surface area contributed by atoms with Crippen molar-refractivity contribution in [1.29, 1.82) is 0 Å². The van der Waals surface area contributed by atoms with Gasteiger partial charge in [0.2, 0.25) is 15.9 Å². The Morgan fingerprint density at radius 1 is 1.21 bits per heavy atom. The standard InChI is InChI=1S/C20H22Cl2N2O4S/c1-2-28-16-6-8-17(9-7-16)29(26,27)24-11-3-4-14(13-24)20(25)23-19-10-5-15(21)12-18(19)22/h5-10,12,14H,2-4,11,13H2,1H3,(H,23,25)/t14-/m1/s1. The highest BCUT2D eigenvalue weighted by Crippen LogP contribution is 2.29. The predicted molar refractivity (Wildman–Crippen MR) is 114 cm³/mol. The number of anilines is 1. The van der Waals surface area contributed by atoms with Gasteiger partial charge < -0.3 is 10.1 Å². The quantitative estimate of drug-likeness (QED) is 0.697. The van der Waals surface area contributed by atoms with Crippen LogP contribution in [0, 0.1) is 5.92 Å². The van der Waals surface area contributed by atoms with Crippen LogP contribution in [-0.4, -0.2) is 38.3 Å². The molecule has 1 N–H and O–H groups in total. The second-order valence-corrected chi connectivity index (χ2v) is 9.50. The van der Waals surface area contributed by atoms with Gasteiger partial charge in [-0.2, -0.15) is 4.31 Å². The largest absolute Gasteiger partial charge is 0.494 e. The zero-order chi connectivity index (χ0) is 21.0. The number of carbonyl (C=O) groups excluding carboxylic acids is 1. The Kier molecular flexibility index (Phi) is 7.05. The maximum absolute atomic E-state index is 13.0. The van der Waals surface area contributed by atoms with E-state index in [1.807, 2.05) is 6.92 Å². The number of halogens is 2. The first kappa shape index (κ1) is 21.9. The molecular weight excluding hydrogens is 435 g/mol. The number of carbonyl (C=O) groups is 1. The van der Waals surface area contributed by atoms with Gasteiger partial charge in [0.1, 0.15) is 5.75 Å². The second kappa shape index (κ2) is 9.34.